The first-order chi connectivity index (χ1) is 14.0. The number of benzene rings is 2. The summed E-state index contributed by atoms with van der Waals surface area (Å²) in [7, 11) is 1.56. The van der Waals surface area contributed by atoms with E-state index in [2.05, 4.69) is 26.6 Å². The van der Waals surface area contributed by atoms with Crippen LogP contribution in [0.4, 0.5) is 14.9 Å². The lowest BCUT2D eigenvalue weighted by Gasteiger charge is -2.32. The summed E-state index contributed by atoms with van der Waals surface area (Å²) in [5.74, 6) is 0.427. The smallest absolute Gasteiger partial charge is 0.321 e. The summed E-state index contributed by atoms with van der Waals surface area (Å²) in [6.45, 7) is 1.77. The number of rotatable bonds is 5. The number of urea groups is 1. The van der Waals surface area contributed by atoms with Crippen LogP contribution in [-0.4, -0.2) is 43.6 Å². The molecule has 1 aliphatic rings. The van der Waals surface area contributed by atoms with Crippen molar-refractivity contribution in [2.75, 3.05) is 32.1 Å². The Morgan fingerprint density at radius 1 is 1.17 bits per heavy atom. The molecule has 0 radical (unpaired) electrons. The third-order valence-electron chi connectivity index (χ3n) is 4.97. The van der Waals surface area contributed by atoms with Crippen LogP contribution in [0.15, 0.2) is 46.9 Å². The van der Waals surface area contributed by atoms with E-state index in [1.54, 1.807) is 30.2 Å². The molecule has 1 aliphatic heterocycles. The highest BCUT2D eigenvalue weighted by molar-refractivity contribution is 9.10. The summed E-state index contributed by atoms with van der Waals surface area (Å²) < 4.78 is 18.8. The third-order valence-corrected chi connectivity index (χ3v) is 5.66. The van der Waals surface area contributed by atoms with Crippen LogP contribution in [0.25, 0.3) is 0 Å². The van der Waals surface area contributed by atoms with Gasteiger partial charge >= 0.3 is 6.03 Å². The predicted octanol–water partition coefficient (Wildman–Crippen LogP) is 4.27. The number of likely N-dealkylation sites (tertiary alicyclic amines) is 1. The van der Waals surface area contributed by atoms with Crippen LogP contribution in [0.2, 0.25) is 0 Å². The fraction of sp³-hybridized carbons (Fsp3) is 0.333. The molecule has 1 saturated heterocycles. The number of hydrogen-bond acceptors (Lipinski definition) is 3. The van der Waals surface area contributed by atoms with Crippen molar-refractivity contribution < 1.29 is 18.7 Å². The van der Waals surface area contributed by atoms with E-state index >= 15 is 0 Å². The number of ether oxygens (including phenoxy) is 1. The first-order valence-corrected chi connectivity index (χ1v) is 10.2. The third kappa shape index (κ3) is 5.69. The second-order valence-electron chi connectivity index (χ2n) is 6.92. The molecule has 3 amide bonds. The minimum Gasteiger partial charge on any atom is -0.497 e. The molecule has 154 valence electrons. The zero-order valence-electron chi connectivity index (χ0n) is 16.1. The van der Waals surface area contributed by atoms with E-state index in [0.29, 0.717) is 47.0 Å². The van der Waals surface area contributed by atoms with E-state index in [1.807, 2.05) is 0 Å². The summed E-state index contributed by atoms with van der Waals surface area (Å²) >= 11 is 3.39. The van der Waals surface area contributed by atoms with Gasteiger partial charge in [-0.2, -0.15) is 0 Å². The second-order valence-corrected chi connectivity index (χ2v) is 7.78. The number of halogens is 2. The molecular formula is C21H23BrFN3O3. The lowest BCUT2D eigenvalue weighted by molar-refractivity contribution is 0.0937. The van der Waals surface area contributed by atoms with E-state index < -0.39 is 0 Å². The highest BCUT2D eigenvalue weighted by Gasteiger charge is 2.23. The van der Waals surface area contributed by atoms with Crippen LogP contribution >= 0.6 is 15.9 Å². The van der Waals surface area contributed by atoms with Crippen molar-refractivity contribution in [1.82, 2.24) is 10.2 Å². The highest BCUT2D eigenvalue weighted by atomic mass is 79.9. The standard InChI is InChI=1S/C21H23BrFN3O3/c1-29-17-6-7-19(22)18(12-17)20(27)24-13-14-8-10-26(11-9-14)21(28)25-16-4-2-15(23)3-5-16/h2-7,12,14H,8-11,13H2,1H3,(H,24,27)(H,25,28). The van der Waals surface area contributed by atoms with Gasteiger partial charge in [0.15, 0.2) is 0 Å². The molecule has 3 rings (SSSR count). The van der Waals surface area contributed by atoms with Crippen molar-refractivity contribution in [3.63, 3.8) is 0 Å². The second kappa shape index (κ2) is 9.73. The predicted molar refractivity (Wildman–Crippen MR) is 113 cm³/mol. The molecule has 8 heteroatoms. The Morgan fingerprint density at radius 2 is 1.86 bits per heavy atom. The summed E-state index contributed by atoms with van der Waals surface area (Å²) in [6, 6.07) is 10.8. The summed E-state index contributed by atoms with van der Waals surface area (Å²) in [5, 5.41) is 5.75. The normalized spacial score (nSPS) is 14.4. The van der Waals surface area contributed by atoms with Crippen LogP contribution in [0.1, 0.15) is 23.2 Å². The molecule has 2 N–H and O–H groups in total. The Morgan fingerprint density at radius 3 is 2.52 bits per heavy atom. The van der Waals surface area contributed by atoms with Gasteiger partial charge in [-0.1, -0.05) is 0 Å². The van der Waals surface area contributed by atoms with Crippen molar-refractivity contribution >= 4 is 33.6 Å². The van der Waals surface area contributed by atoms with Gasteiger partial charge in [0.2, 0.25) is 0 Å². The van der Waals surface area contributed by atoms with Crippen molar-refractivity contribution in [1.29, 1.82) is 0 Å². The van der Waals surface area contributed by atoms with Gasteiger partial charge in [0.05, 0.1) is 12.7 Å². The fourth-order valence-electron chi connectivity index (χ4n) is 3.21. The summed E-state index contributed by atoms with van der Waals surface area (Å²) in [4.78, 5) is 26.6. The van der Waals surface area contributed by atoms with Gasteiger partial charge in [0, 0.05) is 29.8 Å². The molecule has 0 saturated carbocycles. The summed E-state index contributed by atoms with van der Waals surface area (Å²) in [5.41, 5.74) is 1.09. The number of carbonyl (C=O) groups is 2. The van der Waals surface area contributed by atoms with Crippen LogP contribution in [0.3, 0.4) is 0 Å². The Labute approximate surface area is 177 Å². The quantitative estimate of drug-likeness (QED) is 0.695. The van der Waals surface area contributed by atoms with Gasteiger partial charge in [-0.15, -0.1) is 0 Å². The SMILES string of the molecule is COc1ccc(Br)c(C(=O)NCC2CCN(C(=O)Nc3ccc(F)cc3)CC2)c1. The first kappa shape index (κ1) is 21.1. The molecule has 0 unspecified atom stereocenters. The number of nitrogens with one attached hydrogen (secondary N) is 2. The van der Waals surface area contributed by atoms with Gasteiger partial charge in [-0.3, -0.25) is 4.79 Å². The molecule has 0 aromatic heterocycles. The van der Waals surface area contributed by atoms with Crippen molar-refractivity contribution in [2.45, 2.75) is 12.8 Å². The zero-order valence-corrected chi connectivity index (χ0v) is 17.7. The van der Waals surface area contributed by atoms with Gasteiger partial charge in [0.1, 0.15) is 11.6 Å². The molecular weight excluding hydrogens is 441 g/mol. The topological polar surface area (TPSA) is 70.7 Å². The minimum atomic E-state index is -0.341. The number of piperidine rings is 1. The van der Waals surface area contributed by atoms with Crippen LogP contribution in [-0.2, 0) is 0 Å². The molecule has 1 fully saturated rings. The number of carbonyl (C=O) groups excluding carboxylic acids is 2. The molecule has 0 spiro atoms. The fourth-order valence-corrected chi connectivity index (χ4v) is 3.64. The minimum absolute atomic E-state index is 0.160. The Balaban J connectivity index is 1.45. The van der Waals surface area contributed by atoms with Gasteiger partial charge in [-0.05, 0) is 77.2 Å². The van der Waals surface area contributed by atoms with Crippen LogP contribution in [0.5, 0.6) is 5.75 Å². The molecule has 0 bridgehead atoms. The van der Waals surface area contributed by atoms with E-state index in [1.165, 1.54) is 24.3 Å². The summed E-state index contributed by atoms with van der Waals surface area (Å²) in [6.07, 6.45) is 1.60. The first-order valence-electron chi connectivity index (χ1n) is 9.39. The average Bonchev–Trinajstić information content (AvgIpc) is 2.74. The Bertz CT molecular complexity index is 868. The Kier molecular flexibility index (Phi) is 7.09. The zero-order chi connectivity index (χ0) is 20.8. The molecule has 2 aromatic rings. The van der Waals surface area contributed by atoms with Crippen LogP contribution < -0.4 is 15.4 Å². The lowest BCUT2D eigenvalue weighted by Crippen LogP contribution is -2.43. The molecule has 0 aliphatic carbocycles. The Hall–Kier alpha value is -2.61. The number of amides is 3. The number of anilines is 1. The average molecular weight is 464 g/mol. The highest BCUT2D eigenvalue weighted by Crippen LogP contribution is 2.23. The lowest BCUT2D eigenvalue weighted by atomic mass is 9.97. The number of methoxy groups -OCH3 is 1. The molecule has 29 heavy (non-hydrogen) atoms. The van der Waals surface area contributed by atoms with Gasteiger partial charge in [-0.25, -0.2) is 9.18 Å². The van der Waals surface area contributed by atoms with E-state index in [9.17, 15) is 14.0 Å². The van der Waals surface area contributed by atoms with Gasteiger partial charge < -0.3 is 20.3 Å². The molecule has 1 heterocycles. The van der Waals surface area contributed by atoms with Crippen molar-refractivity contribution in [3.05, 3.63) is 58.3 Å². The van der Waals surface area contributed by atoms with E-state index in [4.69, 9.17) is 4.74 Å². The van der Waals surface area contributed by atoms with E-state index in [0.717, 1.165) is 12.8 Å². The number of nitrogens with zero attached hydrogens (tertiary/aromatic N) is 1. The number of hydrogen-bond donors (Lipinski definition) is 2. The largest absolute Gasteiger partial charge is 0.497 e. The maximum atomic E-state index is 13.0. The van der Waals surface area contributed by atoms with Crippen LogP contribution in [0, 0.1) is 11.7 Å². The monoisotopic (exact) mass is 463 g/mol. The van der Waals surface area contributed by atoms with E-state index in [-0.39, 0.29) is 17.8 Å². The molecule has 2 aromatic carbocycles. The van der Waals surface area contributed by atoms with Gasteiger partial charge in [0.25, 0.3) is 5.91 Å². The molecule has 0 atom stereocenters. The van der Waals surface area contributed by atoms with Crippen molar-refractivity contribution in [2.24, 2.45) is 5.92 Å². The maximum absolute atomic E-state index is 13.0. The molecule has 6 nitrogen and oxygen atoms in total. The van der Waals surface area contributed by atoms with Crippen molar-refractivity contribution in [3.8, 4) is 5.75 Å². The maximum Gasteiger partial charge on any atom is 0.321 e.